The average Bonchev–Trinajstić information content (AvgIpc) is 1.81. The molecule has 0 amide bonds. The molecule has 0 heterocycles. The van der Waals surface area contributed by atoms with Crippen LogP contribution < -0.4 is 5.32 Å². The summed E-state index contributed by atoms with van der Waals surface area (Å²) < 4.78 is 5.03. The van der Waals surface area contributed by atoms with Gasteiger partial charge in [-0.05, 0) is 14.0 Å². The van der Waals surface area contributed by atoms with Crippen molar-refractivity contribution >= 4 is 0 Å². The fourth-order valence-electron chi connectivity index (χ4n) is 0.325. The summed E-state index contributed by atoms with van der Waals surface area (Å²) in [6.45, 7) is 3.31. The molecule has 0 aromatic heterocycles. The average molecular weight is 115 g/mol. The Kier molecular flexibility index (Phi) is 6.38. The van der Waals surface area contributed by atoms with Gasteiger partial charge in [-0.3, -0.25) is 5.32 Å². The van der Waals surface area contributed by atoms with Crippen LogP contribution in [0.4, 0.5) is 0 Å². The molecule has 2 heteroatoms. The van der Waals surface area contributed by atoms with Gasteiger partial charge < -0.3 is 4.74 Å². The molecule has 0 bridgehead atoms. The molecular weight excluding hydrogens is 102 g/mol. The Bertz CT molecular complexity index is 61.5. The summed E-state index contributed by atoms with van der Waals surface area (Å²) in [6.07, 6.45) is 3.94. The van der Waals surface area contributed by atoms with Crippen molar-refractivity contribution in [1.29, 1.82) is 0 Å². The molecule has 0 aromatic rings. The summed E-state index contributed by atoms with van der Waals surface area (Å²) in [4.78, 5) is 0. The van der Waals surface area contributed by atoms with Gasteiger partial charge in [0.1, 0.15) is 0 Å². The van der Waals surface area contributed by atoms with Crippen molar-refractivity contribution in [2.45, 2.75) is 6.92 Å². The molecule has 0 unspecified atom stereocenters. The Morgan fingerprint density at radius 1 is 1.62 bits per heavy atom. The molecule has 0 radical (unpaired) electrons. The quantitative estimate of drug-likeness (QED) is 0.332. The van der Waals surface area contributed by atoms with E-state index in [0.717, 1.165) is 0 Å². The van der Waals surface area contributed by atoms with E-state index in [2.05, 4.69) is 5.32 Å². The smallest absolute Gasteiger partial charge is 0.0967 e. The van der Waals surface area contributed by atoms with Gasteiger partial charge in [0.05, 0.1) is 13.3 Å². The van der Waals surface area contributed by atoms with E-state index in [-0.39, 0.29) is 0 Å². The third-order valence-electron chi connectivity index (χ3n) is 0.696. The van der Waals surface area contributed by atoms with Crippen molar-refractivity contribution in [2.24, 2.45) is 0 Å². The first-order chi connectivity index (χ1) is 3.91. The predicted molar refractivity (Wildman–Crippen MR) is 34.7 cm³/mol. The number of ether oxygens (including phenoxy) is 1. The summed E-state index contributed by atoms with van der Waals surface area (Å²) in [6, 6.07) is 0. The first-order valence-corrected chi connectivity index (χ1v) is 2.75. The van der Waals surface area contributed by atoms with Crippen LogP contribution in [0.5, 0.6) is 0 Å². The minimum atomic E-state index is 0.629. The Hall–Kier alpha value is -0.340. The van der Waals surface area contributed by atoms with E-state index in [9.17, 15) is 0 Å². The van der Waals surface area contributed by atoms with E-state index in [4.69, 9.17) is 4.74 Å². The fraction of sp³-hybridized carbons (Fsp3) is 0.667. The molecule has 0 atom stereocenters. The van der Waals surface area contributed by atoms with Crippen LogP contribution in [-0.4, -0.2) is 20.4 Å². The monoisotopic (exact) mass is 115 g/mol. The maximum Gasteiger partial charge on any atom is 0.0967 e. The molecule has 0 fully saturated rings. The molecule has 2 nitrogen and oxygen atoms in total. The second kappa shape index (κ2) is 6.66. The zero-order valence-corrected chi connectivity index (χ0v) is 5.48. The van der Waals surface area contributed by atoms with Gasteiger partial charge in [-0.2, -0.15) is 0 Å². The van der Waals surface area contributed by atoms with Crippen molar-refractivity contribution in [2.75, 3.05) is 20.4 Å². The Morgan fingerprint density at radius 3 is 2.88 bits per heavy atom. The van der Waals surface area contributed by atoms with Crippen LogP contribution in [-0.2, 0) is 4.74 Å². The van der Waals surface area contributed by atoms with Crippen LogP contribution in [0.1, 0.15) is 6.92 Å². The highest BCUT2D eigenvalue weighted by Crippen LogP contribution is 1.72. The number of nitrogens with one attached hydrogen (secondary N) is 1. The molecule has 48 valence electrons. The molecule has 0 aliphatic heterocycles. The minimum absolute atomic E-state index is 0.629. The fourth-order valence-corrected chi connectivity index (χ4v) is 0.325. The lowest BCUT2D eigenvalue weighted by Gasteiger charge is -1.95. The summed E-state index contributed by atoms with van der Waals surface area (Å²) in [5, 5.41) is 2.87. The number of allylic oxidation sites excluding steroid dienone is 1. The zero-order valence-electron chi connectivity index (χ0n) is 5.48. The molecule has 0 rings (SSSR count). The molecule has 0 aliphatic carbocycles. The predicted octanol–water partition coefficient (Wildman–Crippen LogP) is 0.756. The van der Waals surface area contributed by atoms with E-state index in [1.807, 2.05) is 26.1 Å². The van der Waals surface area contributed by atoms with Crippen LogP contribution in [0.2, 0.25) is 0 Å². The highest BCUT2D eigenvalue weighted by Gasteiger charge is 1.74. The second-order valence-electron chi connectivity index (χ2n) is 1.44. The SMILES string of the molecule is CC=CCOCNC. The number of rotatable bonds is 4. The summed E-state index contributed by atoms with van der Waals surface area (Å²) in [5.41, 5.74) is 0. The molecule has 0 aliphatic rings. The van der Waals surface area contributed by atoms with Gasteiger partial charge in [-0.1, -0.05) is 12.2 Å². The third kappa shape index (κ3) is 5.66. The molecule has 0 spiro atoms. The van der Waals surface area contributed by atoms with Crippen molar-refractivity contribution < 1.29 is 4.74 Å². The normalized spacial score (nSPS) is 10.8. The highest BCUT2D eigenvalue weighted by atomic mass is 16.5. The maximum absolute atomic E-state index is 5.03. The maximum atomic E-state index is 5.03. The van der Waals surface area contributed by atoms with Crippen LogP contribution >= 0.6 is 0 Å². The Morgan fingerprint density at radius 2 is 2.38 bits per heavy atom. The molecular formula is C6H13NO. The largest absolute Gasteiger partial charge is 0.362 e. The molecule has 0 saturated heterocycles. The van der Waals surface area contributed by atoms with Crippen LogP contribution in [0.25, 0.3) is 0 Å². The van der Waals surface area contributed by atoms with Gasteiger partial charge in [0.25, 0.3) is 0 Å². The van der Waals surface area contributed by atoms with E-state index in [1.54, 1.807) is 0 Å². The van der Waals surface area contributed by atoms with E-state index in [0.29, 0.717) is 13.3 Å². The van der Waals surface area contributed by atoms with Crippen LogP contribution in [0, 0.1) is 0 Å². The number of hydrogen-bond donors (Lipinski definition) is 1. The Labute approximate surface area is 50.5 Å². The highest BCUT2D eigenvalue weighted by molar-refractivity contribution is 4.75. The summed E-state index contributed by atoms with van der Waals surface area (Å²) in [7, 11) is 1.86. The van der Waals surface area contributed by atoms with Gasteiger partial charge in [-0.25, -0.2) is 0 Å². The number of hydrogen-bond acceptors (Lipinski definition) is 2. The zero-order chi connectivity index (χ0) is 6.24. The van der Waals surface area contributed by atoms with Crippen molar-refractivity contribution in [3.63, 3.8) is 0 Å². The van der Waals surface area contributed by atoms with Crippen LogP contribution in [0.15, 0.2) is 12.2 Å². The first kappa shape index (κ1) is 7.66. The van der Waals surface area contributed by atoms with Gasteiger partial charge >= 0.3 is 0 Å². The lowest BCUT2D eigenvalue weighted by atomic mass is 10.6. The summed E-state index contributed by atoms with van der Waals surface area (Å²) >= 11 is 0. The molecule has 1 N–H and O–H groups in total. The molecule has 0 aromatic carbocycles. The minimum Gasteiger partial charge on any atom is -0.362 e. The van der Waals surface area contributed by atoms with Crippen molar-refractivity contribution in [3.8, 4) is 0 Å². The van der Waals surface area contributed by atoms with Gasteiger partial charge in [0.2, 0.25) is 0 Å². The standard InChI is InChI=1S/C6H13NO/c1-3-4-5-8-6-7-2/h3-4,7H,5-6H2,1-2H3. The van der Waals surface area contributed by atoms with Crippen molar-refractivity contribution in [1.82, 2.24) is 5.32 Å². The first-order valence-electron chi connectivity index (χ1n) is 2.75. The van der Waals surface area contributed by atoms with E-state index in [1.165, 1.54) is 0 Å². The van der Waals surface area contributed by atoms with Crippen LogP contribution in [0.3, 0.4) is 0 Å². The van der Waals surface area contributed by atoms with E-state index < -0.39 is 0 Å². The lowest BCUT2D eigenvalue weighted by molar-refractivity contribution is 0.148. The summed E-state index contributed by atoms with van der Waals surface area (Å²) in [5.74, 6) is 0. The second-order valence-corrected chi connectivity index (χ2v) is 1.44. The third-order valence-corrected chi connectivity index (χ3v) is 0.696. The van der Waals surface area contributed by atoms with Crippen molar-refractivity contribution in [3.05, 3.63) is 12.2 Å². The van der Waals surface area contributed by atoms with Gasteiger partial charge in [0.15, 0.2) is 0 Å². The lowest BCUT2D eigenvalue weighted by Crippen LogP contribution is -2.11. The molecule has 8 heavy (non-hydrogen) atoms. The molecule has 0 saturated carbocycles. The topological polar surface area (TPSA) is 21.3 Å². The van der Waals surface area contributed by atoms with Gasteiger partial charge in [-0.15, -0.1) is 0 Å². The Balaban J connectivity index is 2.72. The van der Waals surface area contributed by atoms with E-state index >= 15 is 0 Å². The van der Waals surface area contributed by atoms with Gasteiger partial charge in [0, 0.05) is 0 Å².